The number of carbonyl (C=O) groups is 1. The second-order valence-corrected chi connectivity index (χ2v) is 5.32. The molecule has 2 N–H and O–H groups in total. The minimum Gasteiger partial charge on any atom is -0.390 e. The smallest absolute Gasteiger partial charge is 0.253 e. The van der Waals surface area contributed by atoms with Crippen LogP contribution in [0.1, 0.15) is 30.1 Å². The molecule has 0 unspecified atom stereocenters. The quantitative estimate of drug-likeness (QED) is 0.799. The fourth-order valence-electron chi connectivity index (χ4n) is 2.35. The van der Waals surface area contributed by atoms with Gasteiger partial charge in [-0.1, -0.05) is 0 Å². The van der Waals surface area contributed by atoms with Gasteiger partial charge in [-0.25, -0.2) is 0 Å². The Kier molecular flexibility index (Phi) is 2.74. The first-order valence-corrected chi connectivity index (χ1v) is 6.37. The third kappa shape index (κ3) is 2.31. The van der Waals surface area contributed by atoms with Crippen LogP contribution in [0.15, 0.2) is 18.2 Å². The third-order valence-corrected chi connectivity index (χ3v) is 3.69. The fourth-order valence-corrected chi connectivity index (χ4v) is 2.35. The van der Waals surface area contributed by atoms with Crippen molar-refractivity contribution in [3.8, 4) is 0 Å². The van der Waals surface area contributed by atoms with E-state index in [1.807, 2.05) is 6.92 Å². The highest BCUT2D eigenvalue weighted by Crippen LogP contribution is 2.23. The number of rotatable bonds is 1. The highest BCUT2D eigenvalue weighted by Gasteiger charge is 2.30. The lowest BCUT2D eigenvalue weighted by Crippen LogP contribution is -2.45. The van der Waals surface area contributed by atoms with Crippen LogP contribution in [-0.2, 0) is 0 Å². The maximum Gasteiger partial charge on any atom is 0.253 e. The predicted molar refractivity (Wildman–Crippen MR) is 69.7 cm³/mol. The van der Waals surface area contributed by atoms with Crippen molar-refractivity contribution in [2.75, 3.05) is 13.1 Å². The van der Waals surface area contributed by atoms with E-state index in [4.69, 9.17) is 0 Å². The Labute approximate surface area is 110 Å². The van der Waals surface area contributed by atoms with E-state index in [0.717, 1.165) is 5.52 Å². The summed E-state index contributed by atoms with van der Waals surface area (Å²) in [5.41, 5.74) is 1.41. The standard InChI is InChI=1S/C13H16N4O2/c1-13(19)4-6-17(7-5-13)12(18)9-2-3-10-11(8-9)15-16-14-10/h2-3,8,19H,4-7H2,1H3,(H,14,15,16). The zero-order valence-corrected chi connectivity index (χ0v) is 10.8. The van der Waals surface area contributed by atoms with Gasteiger partial charge >= 0.3 is 0 Å². The van der Waals surface area contributed by atoms with Gasteiger partial charge in [0.2, 0.25) is 0 Å². The number of hydrogen-bond acceptors (Lipinski definition) is 4. The summed E-state index contributed by atoms with van der Waals surface area (Å²) in [4.78, 5) is 14.1. The maximum absolute atomic E-state index is 12.4. The molecule has 3 rings (SSSR count). The molecule has 0 spiro atoms. The molecule has 0 aliphatic carbocycles. The summed E-state index contributed by atoms with van der Waals surface area (Å²) in [6, 6.07) is 5.29. The van der Waals surface area contributed by atoms with Crippen molar-refractivity contribution < 1.29 is 9.90 Å². The first kappa shape index (κ1) is 12.1. The molecule has 0 radical (unpaired) electrons. The average molecular weight is 260 g/mol. The Morgan fingerprint density at radius 2 is 2.00 bits per heavy atom. The molecule has 1 aromatic carbocycles. The molecule has 1 aliphatic heterocycles. The van der Waals surface area contributed by atoms with Gasteiger partial charge in [-0.2, -0.15) is 15.4 Å². The number of fused-ring (bicyclic) bond motifs is 1. The Hall–Kier alpha value is -1.95. The lowest BCUT2D eigenvalue weighted by Gasteiger charge is -2.35. The number of likely N-dealkylation sites (tertiary alicyclic amines) is 1. The van der Waals surface area contributed by atoms with Gasteiger partial charge in [0, 0.05) is 18.7 Å². The zero-order valence-electron chi connectivity index (χ0n) is 10.8. The van der Waals surface area contributed by atoms with E-state index in [2.05, 4.69) is 15.4 Å². The molecule has 1 aliphatic rings. The molecule has 100 valence electrons. The number of H-pyrrole nitrogens is 1. The molecule has 6 nitrogen and oxygen atoms in total. The van der Waals surface area contributed by atoms with Crippen LogP contribution in [0.3, 0.4) is 0 Å². The molecule has 2 heterocycles. The molecule has 0 atom stereocenters. The minimum atomic E-state index is -0.646. The fraction of sp³-hybridized carbons (Fsp3) is 0.462. The van der Waals surface area contributed by atoms with Gasteiger partial charge in [0.05, 0.1) is 5.60 Å². The molecule has 0 saturated carbocycles. The van der Waals surface area contributed by atoms with Gasteiger partial charge in [-0.3, -0.25) is 4.79 Å². The Morgan fingerprint density at radius 3 is 2.74 bits per heavy atom. The van der Waals surface area contributed by atoms with Crippen LogP contribution in [0.5, 0.6) is 0 Å². The van der Waals surface area contributed by atoms with Gasteiger partial charge in [0.15, 0.2) is 0 Å². The van der Waals surface area contributed by atoms with E-state index < -0.39 is 5.60 Å². The number of aliphatic hydroxyl groups is 1. The summed E-state index contributed by atoms with van der Waals surface area (Å²) in [5.74, 6) is -0.0135. The topological polar surface area (TPSA) is 82.1 Å². The molecular formula is C13H16N4O2. The largest absolute Gasteiger partial charge is 0.390 e. The maximum atomic E-state index is 12.4. The SMILES string of the molecule is CC1(O)CCN(C(=O)c2ccc3n[nH]nc3c2)CC1. The number of carbonyl (C=O) groups excluding carboxylic acids is 1. The third-order valence-electron chi connectivity index (χ3n) is 3.69. The molecular weight excluding hydrogens is 244 g/mol. The van der Waals surface area contributed by atoms with Gasteiger partial charge in [-0.15, -0.1) is 0 Å². The van der Waals surface area contributed by atoms with Crippen LogP contribution < -0.4 is 0 Å². The number of nitrogens with zero attached hydrogens (tertiary/aromatic N) is 3. The van der Waals surface area contributed by atoms with Crippen molar-refractivity contribution in [2.24, 2.45) is 0 Å². The molecule has 6 heteroatoms. The van der Waals surface area contributed by atoms with E-state index >= 15 is 0 Å². The minimum absolute atomic E-state index is 0.0135. The first-order chi connectivity index (χ1) is 9.05. The summed E-state index contributed by atoms with van der Waals surface area (Å²) in [6.07, 6.45) is 1.23. The van der Waals surface area contributed by atoms with Crippen LogP contribution in [0, 0.1) is 0 Å². The summed E-state index contributed by atoms with van der Waals surface area (Å²) in [5, 5.41) is 20.4. The molecule has 1 fully saturated rings. The highest BCUT2D eigenvalue weighted by molar-refractivity contribution is 5.97. The molecule has 1 amide bonds. The number of amides is 1. The summed E-state index contributed by atoms with van der Waals surface area (Å²) >= 11 is 0. The zero-order chi connectivity index (χ0) is 13.5. The van der Waals surface area contributed by atoms with Gasteiger partial charge < -0.3 is 10.0 Å². The van der Waals surface area contributed by atoms with E-state index in [-0.39, 0.29) is 5.91 Å². The molecule has 0 bridgehead atoms. The van der Waals surface area contributed by atoms with Crippen LogP contribution in [-0.4, -0.2) is 50.0 Å². The van der Waals surface area contributed by atoms with Gasteiger partial charge in [-0.05, 0) is 38.0 Å². The molecule has 19 heavy (non-hydrogen) atoms. The normalized spacial score (nSPS) is 18.7. The first-order valence-electron chi connectivity index (χ1n) is 6.37. The van der Waals surface area contributed by atoms with E-state index in [0.29, 0.717) is 37.0 Å². The summed E-state index contributed by atoms with van der Waals surface area (Å²) in [6.45, 7) is 2.99. The number of aromatic amines is 1. The lowest BCUT2D eigenvalue weighted by molar-refractivity contribution is -0.00202. The highest BCUT2D eigenvalue weighted by atomic mass is 16.3. The van der Waals surface area contributed by atoms with Gasteiger partial charge in [0.25, 0.3) is 5.91 Å². The van der Waals surface area contributed by atoms with Crippen molar-refractivity contribution in [3.63, 3.8) is 0 Å². The molecule has 1 aromatic heterocycles. The molecule has 1 saturated heterocycles. The molecule has 2 aromatic rings. The van der Waals surface area contributed by atoms with Crippen LogP contribution in [0.2, 0.25) is 0 Å². The van der Waals surface area contributed by atoms with E-state index in [1.54, 1.807) is 23.1 Å². The number of nitrogens with one attached hydrogen (secondary N) is 1. The van der Waals surface area contributed by atoms with E-state index in [9.17, 15) is 9.90 Å². The summed E-state index contributed by atoms with van der Waals surface area (Å²) in [7, 11) is 0. The Bertz CT molecular complexity index is 610. The van der Waals surface area contributed by atoms with Crippen molar-refractivity contribution in [1.82, 2.24) is 20.3 Å². The lowest BCUT2D eigenvalue weighted by atomic mass is 9.93. The summed E-state index contributed by atoms with van der Waals surface area (Å²) < 4.78 is 0. The van der Waals surface area contributed by atoms with Crippen LogP contribution in [0.4, 0.5) is 0 Å². The van der Waals surface area contributed by atoms with Crippen molar-refractivity contribution >= 4 is 16.9 Å². The van der Waals surface area contributed by atoms with E-state index in [1.165, 1.54) is 0 Å². The number of benzene rings is 1. The van der Waals surface area contributed by atoms with Crippen LogP contribution in [0.25, 0.3) is 11.0 Å². The number of piperidine rings is 1. The van der Waals surface area contributed by atoms with Crippen LogP contribution >= 0.6 is 0 Å². The second-order valence-electron chi connectivity index (χ2n) is 5.32. The Balaban J connectivity index is 1.80. The Morgan fingerprint density at radius 1 is 1.32 bits per heavy atom. The predicted octanol–water partition coefficient (Wildman–Crippen LogP) is 0.945. The average Bonchev–Trinajstić information content (AvgIpc) is 2.85. The second kappa shape index (κ2) is 4.31. The number of hydrogen-bond donors (Lipinski definition) is 2. The monoisotopic (exact) mass is 260 g/mol. The van der Waals surface area contributed by atoms with Crippen molar-refractivity contribution in [1.29, 1.82) is 0 Å². The van der Waals surface area contributed by atoms with Crippen molar-refractivity contribution in [2.45, 2.75) is 25.4 Å². The van der Waals surface area contributed by atoms with Crippen molar-refractivity contribution in [3.05, 3.63) is 23.8 Å². The number of aromatic nitrogens is 3. The van der Waals surface area contributed by atoms with Gasteiger partial charge in [0.1, 0.15) is 11.0 Å².